The predicted octanol–water partition coefficient (Wildman–Crippen LogP) is 2.43. The molecule has 20 heavy (non-hydrogen) atoms. The summed E-state index contributed by atoms with van der Waals surface area (Å²) >= 11 is 7.05. The molecule has 0 atom stereocenters. The minimum Gasteiger partial charge on any atom is -0.253 e. The summed E-state index contributed by atoms with van der Waals surface area (Å²) in [6.45, 7) is 1.90. The molecule has 0 bridgehead atoms. The molecule has 2 rings (SSSR count). The van der Waals surface area contributed by atoms with Crippen LogP contribution in [0.2, 0.25) is 5.02 Å². The van der Waals surface area contributed by atoms with Crippen LogP contribution in [-0.4, -0.2) is 18.6 Å². The number of anilines is 1. The number of nitriles is 1. The summed E-state index contributed by atoms with van der Waals surface area (Å²) in [5.41, 5.74) is 0.290. The fourth-order valence-corrected chi connectivity index (χ4v) is 3.85. The third-order valence-corrected chi connectivity index (χ3v) is 5.28. The van der Waals surface area contributed by atoms with Gasteiger partial charge in [-0.1, -0.05) is 29.9 Å². The van der Waals surface area contributed by atoms with Gasteiger partial charge < -0.3 is 0 Å². The first kappa shape index (κ1) is 14.7. The molecule has 0 fully saturated rings. The summed E-state index contributed by atoms with van der Waals surface area (Å²) < 4.78 is 26.7. The summed E-state index contributed by atoms with van der Waals surface area (Å²) in [6.07, 6.45) is 0.678. The number of benzene rings is 1. The van der Waals surface area contributed by atoms with Crippen molar-refractivity contribution in [3.8, 4) is 6.07 Å². The zero-order chi connectivity index (χ0) is 14.8. The van der Waals surface area contributed by atoms with Gasteiger partial charge in [-0.3, -0.25) is 4.72 Å². The van der Waals surface area contributed by atoms with Gasteiger partial charge in [0.1, 0.15) is 9.90 Å². The van der Waals surface area contributed by atoms with Crippen molar-refractivity contribution in [2.24, 2.45) is 0 Å². The molecule has 2 aromatic rings. The van der Waals surface area contributed by atoms with Crippen LogP contribution >= 0.6 is 22.9 Å². The number of rotatable bonds is 4. The van der Waals surface area contributed by atoms with Crippen LogP contribution in [0.15, 0.2) is 23.1 Å². The van der Waals surface area contributed by atoms with Crippen LogP contribution in [0.4, 0.5) is 5.13 Å². The van der Waals surface area contributed by atoms with Crippen LogP contribution in [0.5, 0.6) is 0 Å². The van der Waals surface area contributed by atoms with Crippen LogP contribution in [-0.2, 0) is 16.4 Å². The van der Waals surface area contributed by atoms with Crippen LogP contribution in [0.3, 0.4) is 0 Å². The number of nitrogens with zero attached hydrogens (tertiary/aromatic N) is 3. The highest BCUT2D eigenvalue weighted by Crippen LogP contribution is 2.26. The van der Waals surface area contributed by atoms with E-state index in [-0.39, 0.29) is 20.6 Å². The van der Waals surface area contributed by atoms with Crippen LogP contribution in [0, 0.1) is 11.3 Å². The lowest BCUT2D eigenvalue weighted by molar-refractivity contribution is 0.601. The van der Waals surface area contributed by atoms with Crippen LogP contribution in [0.1, 0.15) is 17.5 Å². The molecule has 0 saturated carbocycles. The highest BCUT2D eigenvalue weighted by atomic mass is 35.5. The fraction of sp³-hybridized carbons (Fsp3) is 0.182. The van der Waals surface area contributed by atoms with Crippen molar-refractivity contribution in [3.05, 3.63) is 33.8 Å². The molecule has 0 aliphatic heterocycles. The van der Waals surface area contributed by atoms with Crippen molar-refractivity contribution in [3.63, 3.8) is 0 Å². The van der Waals surface area contributed by atoms with Gasteiger partial charge in [-0.05, 0) is 24.6 Å². The molecule has 0 unspecified atom stereocenters. The van der Waals surface area contributed by atoms with Gasteiger partial charge in [-0.25, -0.2) is 8.42 Å². The Kier molecular flexibility index (Phi) is 4.23. The second-order valence-electron chi connectivity index (χ2n) is 3.72. The highest BCUT2D eigenvalue weighted by molar-refractivity contribution is 7.93. The number of sulfonamides is 1. The third-order valence-electron chi connectivity index (χ3n) is 2.34. The monoisotopic (exact) mass is 328 g/mol. The van der Waals surface area contributed by atoms with Gasteiger partial charge in [0.05, 0.1) is 16.7 Å². The summed E-state index contributed by atoms with van der Waals surface area (Å²) in [6, 6.07) is 5.86. The van der Waals surface area contributed by atoms with E-state index in [4.69, 9.17) is 16.9 Å². The lowest BCUT2D eigenvalue weighted by Crippen LogP contribution is -2.13. The Morgan fingerprint density at radius 2 is 2.20 bits per heavy atom. The molecule has 6 nitrogen and oxygen atoms in total. The van der Waals surface area contributed by atoms with Gasteiger partial charge in [0.15, 0.2) is 0 Å². The predicted molar refractivity (Wildman–Crippen MR) is 76.3 cm³/mol. The number of halogens is 1. The van der Waals surface area contributed by atoms with E-state index < -0.39 is 10.0 Å². The highest BCUT2D eigenvalue weighted by Gasteiger charge is 2.20. The second-order valence-corrected chi connectivity index (χ2v) is 6.84. The van der Waals surface area contributed by atoms with Crippen molar-refractivity contribution in [1.29, 1.82) is 5.26 Å². The summed E-state index contributed by atoms with van der Waals surface area (Å²) in [5, 5.41) is 17.2. The molecule has 1 N–H and O–H groups in total. The number of hydrogen-bond donors (Lipinski definition) is 1. The Morgan fingerprint density at radius 1 is 1.45 bits per heavy atom. The van der Waals surface area contributed by atoms with Crippen molar-refractivity contribution >= 4 is 38.1 Å². The van der Waals surface area contributed by atoms with Gasteiger partial charge >= 0.3 is 0 Å². The molecular formula is C11H9ClN4O2S2. The van der Waals surface area contributed by atoms with E-state index in [1.165, 1.54) is 18.2 Å². The normalized spacial score (nSPS) is 11.1. The smallest absolute Gasteiger partial charge is 0.253 e. The fourth-order valence-electron chi connectivity index (χ4n) is 1.40. The Morgan fingerprint density at radius 3 is 2.75 bits per heavy atom. The zero-order valence-electron chi connectivity index (χ0n) is 10.3. The maximum absolute atomic E-state index is 12.2. The van der Waals surface area contributed by atoms with E-state index >= 15 is 0 Å². The van der Waals surface area contributed by atoms with E-state index in [1.807, 2.05) is 13.0 Å². The third kappa shape index (κ3) is 3.07. The maximum Gasteiger partial charge on any atom is 0.265 e. The maximum atomic E-state index is 12.2. The van der Waals surface area contributed by atoms with E-state index in [0.29, 0.717) is 6.42 Å². The van der Waals surface area contributed by atoms with Crippen LogP contribution in [0.25, 0.3) is 0 Å². The average molecular weight is 329 g/mol. The van der Waals surface area contributed by atoms with Gasteiger partial charge in [0.25, 0.3) is 10.0 Å². The molecule has 1 aromatic heterocycles. The molecule has 1 heterocycles. The molecule has 0 spiro atoms. The van der Waals surface area contributed by atoms with Gasteiger partial charge in [-0.2, -0.15) is 5.26 Å². The number of aryl methyl sites for hydroxylation is 1. The Balaban J connectivity index is 2.33. The molecule has 0 aliphatic carbocycles. The molecule has 1 aromatic carbocycles. The van der Waals surface area contributed by atoms with Crippen molar-refractivity contribution in [2.45, 2.75) is 18.2 Å². The summed E-state index contributed by atoms with van der Waals surface area (Å²) in [4.78, 5) is -0.105. The number of nitrogens with one attached hydrogen (secondary N) is 1. The Labute approximate surface area is 125 Å². The molecule has 9 heteroatoms. The lowest BCUT2D eigenvalue weighted by Gasteiger charge is -2.06. The first-order chi connectivity index (χ1) is 9.46. The van der Waals surface area contributed by atoms with Crippen LogP contribution < -0.4 is 4.72 Å². The topological polar surface area (TPSA) is 95.7 Å². The first-order valence-corrected chi connectivity index (χ1v) is 8.19. The first-order valence-electron chi connectivity index (χ1n) is 5.51. The molecule has 104 valence electrons. The largest absolute Gasteiger partial charge is 0.265 e. The van der Waals surface area contributed by atoms with Crippen molar-refractivity contribution in [1.82, 2.24) is 10.2 Å². The molecule has 0 amide bonds. The average Bonchev–Trinajstić information content (AvgIpc) is 2.85. The molecule has 0 saturated heterocycles. The summed E-state index contributed by atoms with van der Waals surface area (Å²) in [5.74, 6) is 0. The molecular weight excluding hydrogens is 320 g/mol. The Hall–Kier alpha value is -1.69. The van der Waals surface area contributed by atoms with Gasteiger partial charge in [0.2, 0.25) is 5.13 Å². The van der Waals surface area contributed by atoms with Gasteiger partial charge in [-0.15, -0.1) is 10.2 Å². The van der Waals surface area contributed by atoms with E-state index in [2.05, 4.69) is 14.9 Å². The SMILES string of the molecule is CCc1nnc(NS(=O)(=O)c2ccc(C#N)cc2Cl)s1. The number of aromatic nitrogens is 2. The molecule has 0 radical (unpaired) electrons. The van der Waals surface area contributed by atoms with E-state index in [0.717, 1.165) is 16.3 Å². The molecule has 0 aliphatic rings. The van der Waals surface area contributed by atoms with Crippen molar-refractivity contribution < 1.29 is 8.42 Å². The second kappa shape index (κ2) is 5.75. The quantitative estimate of drug-likeness (QED) is 0.929. The van der Waals surface area contributed by atoms with Crippen molar-refractivity contribution in [2.75, 3.05) is 4.72 Å². The van der Waals surface area contributed by atoms with E-state index in [9.17, 15) is 8.42 Å². The summed E-state index contributed by atoms with van der Waals surface area (Å²) in [7, 11) is -3.85. The van der Waals surface area contributed by atoms with Gasteiger partial charge in [0, 0.05) is 0 Å². The standard InChI is InChI=1S/C11H9ClN4O2S2/c1-2-10-14-15-11(19-10)16-20(17,18)9-4-3-7(6-13)5-8(9)12/h3-5H,2H2,1H3,(H,15,16). The minimum absolute atomic E-state index is 0.0169. The van der Waals surface area contributed by atoms with E-state index in [1.54, 1.807) is 0 Å². The zero-order valence-corrected chi connectivity index (χ0v) is 12.7. The Bertz CT molecular complexity index is 780. The lowest BCUT2D eigenvalue weighted by atomic mass is 10.2. The number of hydrogen-bond acceptors (Lipinski definition) is 6. The minimum atomic E-state index is -3.85.